The Bertz CT molecular complexity index is 697. The Balaban J connectivity index is 1.38. The highest BCUT2D eigenvalue weighted by Gasteiger charge is 2.60. The molecule has 0 radical (unpaired) electrons. The molecular weight excluding hydrogens is 423 g/mol. The van der Waals surface area contributed by atoms with Gasteiger partial charge in [-0.1, -0.05) is 53.9 Å². The van der Waals surface area contributed by atoms with Gasteiger partial charge in [0.1, 0.15) is 6.67 Å². The van der Waals surface area contributed by atoms with Gasteiger partial charge in [0.05, 0.1) is 0 Å². The normalized spacial score (nSPS) is 42.4. The zero-order valence-corrected chi connectivity index (χ0v) is 22.8. The molecule has 3 nitrogen and oxygen atoms in total. The second-order valence-electron chi connectivity index (χ2n) is 13.7. The number of hydrogen-bond acceptors (Lipinski definition) is 1. The van der Waals surface area contributed by atoms with Crippen LogP contribution in [0.15, 0.2) is 0 Å². The van der Waals surface area contributed by atoms with Gasteiger partial charge in [0.25, 0.3) is 0 Å². The van der Waals surface area contributed by atoms with Crippen molar-refractivity contribution in [1.29, 1.82) is 0 Å². The summed E-state index contributed by atoms with van der Waals surface area (Å²) >= 11 is 0. The van der Waals surface area contributed by atoms with Crippen LogP contribution in [0, 0.1) is 52.3 Å². The highest BCUT2D eigenvalue weighted by molar-refractivity contribution is 5.74. The average Bonchev–Trinajstić information content (AvgIpc) is 3.15. The van der Waals surface area contributed by atoms with E-state index >= 15 is 0 Å². The Hall–Kier alpha value is -0.800. The molecule has 4 aliphatic rings. The number of alkyl halides is 1. The van der Waals surface area contributed by atoms with Crippen molar-refractivity contribution in [2.24, 2.45) is 52.3 Å². The molecule has 0 aromatic heterocycles. The Morgan fingerprint density at radius 3 is 2.41 bits per heavy atom. The van der Waals surface area contributed by atoms with Crippen molar-refractivity contribution in [3.05, 3.63) is 0 Å². The van der Waals surface area contributed by atoms with E-state index < -0.39 is 6.67 Å². The third-order valence-corrected chi connectivity index (χ3v) is 11.6. The zero-order valence-electron chi connectivity index (χ0n) is 22.8. The van der Waals surface area contributed by atoms with Crippen molar-refractivity contribution in [3.63, 3.8) is 0 Å². The zero-order chi connectivity index (χ0) is 24.5. The number of nitrogens with one attached hydrogen (secondary N) is 2. The van der Waals surface area contributed by atoms with Crippen LogP contribution < -0.4 is 10.6 Å². The van der Waals surface area contributed by atoms with Crippen LogP contribution in [0.5, 0.6) is 0 Å². The lowest BCUT2D eigenvalue weighted by molar-refractivity contribution is -0.117. The molecule has 0 bridgehead atoms. The number of amides is 2. The summed E-state index contributed by atoms with van der Waals surface area (Å²) < 4.78 is 12.4. The van der Waals surface area contributed by atoms with Gasteiger partial charge < -0.3 is 10.6 Å². The summed E-state index contributed by atoms with van der Waals surface area (Å²) in [6, 6.07) is 0.0681. The molecule has 0 spiro atoms. The summed E-state index contributed by atoms with van der Waals surface area (Å²) in [7, 11) is 0. The molecule has 4 heteroatoms. The monoisotopic (exact) mass is 476 g/mol. The van der Waals surface area contributed by atoms with Gasteiger partial charge in [-0.15, -0.1) is 0 Å². The Labute approximate surface area is 209 Å². The summed E-state index contributed by atoms with van der Waals surface area (Å²) in [5.41, 5.74) is 1.01. The quantitative estimate of drug-likeness (QED) is 0.369. The Kier molecular flexibility index (Phi) is 8.24. The fourth-order valence-electron chi connectivity index (χ4n) is 9.81. The van der Waals surface area contributed by atoms with Crippen LogP contribution >= 0.6 is 0 Å². The van der Waals surface area contributed by atoms with Crippen LogP contribution in [0.1, 0.15) is 112 Å². The van der Waals surface area contributed by atoms with Crippen LogP contribution in [0.2, 0.25) is 0 Å². The lowest BCUT2D eigenvalue weighted by Gasteiger charge is -2.61. The minimum Gasteiger partial charge on any atom is -0.336 e. The molecule has 34 heavy (non-hydrogen) atoms. The minimum absolute atomic E-state index is 0.112. The maximum Gasteiger partial charge on any atom is 0.315 e. The maximum absolute atomic E-state index is 12.4. The number of halogens is 1. The highest BCUT2D eigenvalue weighted by Crippen LogP contribution is 2.68. The van der Waals surface area contributed by atoms with E-state index in [0.717, 1.165) is 54.3 Å². The van der Waals surface area contributed by atoms with E-state index in [-0.39, 0.29) is 18.6 Å². The molecule has 9 atom stereocenters. The highest BCUT2D eigenvalue weighted by atomic mass is 19.1. The van der Waals surface area contributed by atoms with E-state index in [9.17, 15) is 9.18 Å². The van der Waals surface area contributed by atoms with E-state index in [2.05, 4.69) is 45.3 Å². The molecule has 2 N–H and O–H groups in total. The largest absolute Gasteiger partial charge is 0.336 e. The number of carbonyl (C=O) groups is 1. The first-order chi connectivity index (χ1) is 16.2. The summed E-state index contributed by atoms with van der Waals surface area (Å²) in [5, 5.41) is 5.79. The molecule has 4 saturated carbocycles. The molecule has 196 valence electrons. The van der Waals surface area contributed by atoms with Gasteiger partial charge in [-0.25, -0.2) is 9.18 Å². The van der Waals surface area contributed by atoms with Crippen LogP contribution in [-0.2, 0) is 0 Å². The van der Waals surface area contributed by atoms with Crippen molar-refractivity contribution in [3.8, 4) is 0 Å². The molecule has 4 aliphatic carbocycles. The van der Waals surface area contributed by atoms with Crippen molar-refractivity contribution >= 4 is 6.03 Å². The van der Waals surface area contributed by atoms with Gasteiger partial charge in [-0.05, 0) is 110 Å². The summed E-state index contributed by atoms with van der Waals surface area (Å²) in [4.78, 5) is 12.1. The Morgan fingerprint density at radius 2 is 1.68 bits per heavy atom. The van der Waals surface area contributed by atoms with Gasteiger partial charge in [0.15, 0.2) is 0 Å². The van der Waals surface area contributed by atoms with Gasteiger partial charge in [-0.2, -0.15) is 0 Å². The maximum atomic E-state index is 12.4. The first kappa shape index (κ1) is 26.3. The molecule has 0 heterocycles. The topological polar surface area (TPSA) is 41.1 Å². The SMILES string of the molecule is CC(C)CCC[C@@H](C)[C@H]1CC[C@H]2[C@@H]3CC[C@H]4C[C@H](NC(=O)NCCF)CC[C@]4(C)[C@H]3CC[C@]12C. The summed E-state index contributed by atoms with van der Waals surface area (Å²) in [5.74, 6) is 6.10. The number of rotatable bonds is 8. The van der Waals surface area contributed by atoms with Crippen LogP contribution in [0.3, 0.4) is 0 Å². The van der Waals surface area contributed by atoms with E-state index in [1.54, 1.807) is 0 Å². The van der Waals surface area contributed by atoms with Gasteiger partial charge in [0.2, 0.25) is 0 Å². The first-order valence-corrected chi connectivity index (χ1v) is 14.8. The summed E-state index contributed by atoms with van der Waals surface area (Å²) in [6.07, 6.45) is 16.2. The first-order valence-electron chi connectivity index (χ1n) is 14.8. The van der Waals surface area contributed by atoms with Gasteiger partial charge >= 0.3 is 6.03 Å². The molecule has 2 amide bonds. The van der Waals surface area contributed by atoms with Crippen molar-refractivity contribution in [1.82, 2.24) is 10.6 Å². The van der Waals surface area contributed by atoms with Gasteiger partial charge in [0, 0.05) is 12.6 Å². The molecule has 4 rings (SSSR count). The van der Waals surface area contributed by atoms with Crippen molar-refractivity contribution < 1.29 is 9.18 Å². The number of hydrogen-bond donors (Lipinski definition) is 2. The fraction of sp³-hybridized carbons (Fsp3) is 0.967. The van der Waals surface area contributed by atoms with E-state index in [1.807, 2.05) is 0 Å². The van der Waals surface area contributed by atoms with Crippen molar-refractivity contribution in [2.45, 2.75) is 118 Å². The Morgan fingerprint density at radius 1 is 0.941 bits per heavy atom. The molecular formula is C30H53FN2O. The number of urea groups is 1. The van der Waals surface area contributed by atoms with Crippen LogP contribution in [0.25, 0.3) is 0 Å². The van der Waals surface area contributed by atoms with E-state index in [0.29, 0.717) is 10.8 Å². The van der Waals surface area contributed by atoms with Gasteiger partial charge in [-0.3, -0.25) is 0 Å². The number of fused-ring (bicyclic) bond motifs is 5. The van der Waals surface area contributed by atoms with Crippen molar-refractivity contribution in [2.75, 3.05) is 13.2 Å². The fourth-order valence-corrected chi connectivity index (χ4v) is 9.81. The second-order valence-corrected chi connectivity index (χ2v) is 13.7. The molecule has 0 saturated heterocycles. The van der Waals surface area contributed by atoms with E-state index in [4.69, 9.17) is 0 Å². The number of carbonyl (C=O) groups excluding carboxylic acids is 1. The lowest BCUT2D eigenvalue weighted by atomic mass is 9.44. The standard InChI is InChI=1S/C30H53FN2O/c1-20(2)7-6-8-21(3)25-11-12-26-24-10-9-22-19-23(33-28(34)32-18-17-31)13-15-29(22,4)27(24)14-16-30(25,26)5/h20-27H,6-19H2,1-5H3,(H2,32,33,34)/t21-,22+,23-,24+,25-,26+,27+,29+,30-/m1/s1. The smallest absolute Gasteiger partial charge is 0.315 e. The molecule has 0 aliphatic heterocycles. The predicted molar refractivity (Wildman–Crippen MR) is 139 cm³/mol. The third-order valence-electron chi connectivity index (χ3n) is 11.6. The lowest BCUT2D eigenvalue weighted by Crippen LogP contribution is -2.56. The van der Waals surface area contributed by atoms with E-state index in [1.165, 1.54) is 64.2 Å². The molecule has 0 aromatic carbocycles. The average molecular weight is 477 g/mol. The molecule has 0 aromatic rings. The third kappa shape index (κ3) is 5.03. The summed E-state index contributed by atoms with van der Waals surface area (Å²) in [6.45, 7) is 12.2. The molecule has 4 fully saturated rings. The predicted octanol–water partition coefficient (Wildman–Crippen LogP) is 7.75. The van der Waals surface area contributed by atoms with Crippen LogP contribution in [0.4, 0.5) is 9.18 Å². The van der Waals surface area contributed by atoms with Crippen LogP contribution in [-0.4, -0.2) is 25.3 Å². The minimum atomic E-state index is -0.500. The second kappa shape index (κ2) is 10.7. The molecule has 0 unspecified atom stereocenters.